The van der Waals surface area contributed by atoms with Crippen molar-refractivity contribution in [2.24, 2.45) is 0 Å². The van der Waals surface area contributed by atoms with Crippen LogP contribution in [0.5, 0.6) is 0 Å². The van der Waals surface area contributed by atoms with E-state index in [1.54, 1.807) is 12.1 Å². The van der Waals surface area contributed by atoms with Crippen LogP contribution >= 0.6 is 0 Å². The van der Waals surface area contributed by atoms with Crippen molar-refractivity contribution in [2.75, 3.05) is 12.3 Å². The summed E-state index contributed by atoms with van der Waals surface area (Å²) in [6.45, 7) is 2.48. The minimum absolute atomic E-state index is 0.0197. The third-order valence-electron chi connectivity index (χ3n) is 3.10. The lowest BCUT2D eigenvalue weighted by atomic mass is 10.1. The fourth-order valence-corrected chi connectivity index (χ4v) is 3.89. The number of anilines is 1. The first-order chi connectivity index (χ1) is 8.03. The van der Waals surface area contributed by atoms with E-state index >= 15 is 0 Å². The molecule has 6 heteroatoms. The predicted octanol–water partition coefficient (Wildman–Crippen LogP) is 1.23. The Hall–Kier alpha value is -1.14. The van der Waals surface area contributed by atoms with Gasteiger partial charge in [0.2, 0.25) is 0 Å². The first-order valence-corrected chi connectivity index (χ1v) is 7.20. The van der Waals surface area contributed by atoms with Crippen molar-refractivity contribution in [1.29, 1.82) is 0 Å². The predicted molar refractivity (Wildman–Crippen MR) is 65.9 cm³/mol. The van der Waals surface area contributed by atoms with Crippen LogP contribution in [0.1, 0.15) is 26.2 Å². The minimum atomic E-state index is -3.54. The van der Waals surface area contributed by atoms with E-state index in [9.17, 15) is 8.42 Å². The molecule has 1 aliphatic rings. The summed E-state index contributed by atoms with van der Waals surface area (Å²) in [5.41, 5.74) is 5.90. The van der Waals surface area contributed by atoms with Gasteiger partial charge in [-0.2, -0.15) is 4.31 Å². The molecule has 0 bridgehead atoms. The van der Waals surface area contributed by atoms with Crippen molar-refractivity contribution < 1.29 is 8.42 Å². The summed E-state index contributed by atoms with van der Waals surface area (Å²) in [4.78, 5) is 3.90. The number of piperidine rings is 1. The van der Waals surface area contributed by atoms with Crippen molar-refractivity contribution in [3.8, 4) is 0 Å². The van der Waals surface area contributed by atoms with Crippen LogP contribution in [0.4, 0.5) is 5.69 Å². The van der Waals surface area contributed by atoms with E-state index in [4.69, 9.17) is 5.73 Å². The van der Waals surface area contributed by atoms with Gasteiger partial charge in [-0.15, -0.1) is 0 Å². The lowest BCUT2D eigenvalue weighted by molar-refractivity contribution is 0.268. The Labute approximate surface area is 102 Å². The molecule has 0 radical (unpaired) electrons. The van der Waals surface area contributed by atoms with E-state index < -0.39 is 10.0 Å². The fourth-order valence-electron chi connectivity index (χ4n) is 2.16. The second-order valence-corrected chi connectivity index (χ2v) is 6.16. The van der Waals surface area contributed by atoms with E-state index in [0.29, 0.717) is 6.54 Å². The van der Waals surface area contributed by atoms with Crippen LogP contribution in [-0.4, -0.2) is 30.3 Å². The van der Waals surface area contributed by atoms with Gasteiger partial charge in [-0.05, 0) is 31.9 Å². The van der Waals surface area contributed by atoms with Gasteiger partial charge in [-0.3, -0.25) is 0 Å². The number of nitrogens with two attached hydrogens (primary N) is 1. The molecule has 5 nitrogen and oxygen atoms in total. The first-order valence-electron chi connectivity index (χ1n) is 5.76. The molecule has 1 atom stereocenters. The average Bonchev–Trinajstić information content (AvgIpc) is 2.29. The summed E-state index contributed by atoms with van der Waals surface area (Å²) in [7, 11) is -3.54. The third-order valence-corrected chi connectivity index (χ3v) is 5.09. The molecule has 2 N–H and O–H groups in total. The molecule has 1 fully saturated rings. The number of hydrogen-bond donors (Lipinski definition) is 1. The summed E-state index contributed by atoms with van der Waals surface area (Å²) >= 11 is 0. The maximum atomic E-state index is 12.4. The third kappa shape index (κ3) is 2.28. The van der Waals surface area contributed by atoms with Gasteiger partial charge in [0, 0.05) is 18.8 Å². The zero-order valence-corrected chi connectivity index (χ0v) is 10.7. The van der Waals surface area contributed by atoms with E-state index in [2.05, 4.69) is 4.98 Å². The molecule has 1 aliphatic heterocycles. The molecule has 17 heavy (non-hydrogen) atoms. The lowest BCUT2D eigenvalue weighted by Crippen LogP contribution is -2.42. The molecule has 94 valence electrons. The normalized spacial score (nSPS) is 22.5. The number of nitrogen functional groups attached to an aromatic ring is 1. The topological polar surface area (TPSA) is 76.3 Å². The second kappa shape index (κ2) is 4.62. The van der Waals surface area contributed by atoms with Gasteiger partial charge in [-0.25, -0.2) is 13.4 Å². The highest BCUT2D eigenvalue weighted by molar-refractivity contribution is 7.89. The number of sulfonamides is 1. The number of pyridine rings is 1. The Kier molecular flexibility index (Phi) is 3.35. The first kappa shape index (κ1) is 12.3. The van der Waals surface area contributed by atoms with Gasteiger partial charge >= 0.3 is 0 Å². The van der Waals surface area contributed by atoms with Crippen LogP contribution in [0.15, 0.2) is 23.4 Å². The van der Waals surface area contributed by atoms with Gasteiger partial charge < -0.3 is 5.73 Å². The number of nitrogens with zero attached hydrogens (tertiary/aromatic N) is 2. The Morgan fingerprint density at radius 2 is 2.24 bits per heavy atom. The number of aromatic nitrogens is 1. The lowest BCUT2D eigenvalue weighted by Gasteiger charge is -2.32. The van der Waals surface area contributed by atoms with Crippen LogP contribution in [0.2, 0.25) is 0 Å². The van der Waals surface area contributed by atoms with Crippen LogP contribution in [0, 0.1) is 0 Å². The largest absolute Gasteiger partial charge is 0.396 e. The number of hydrogen-bond acceptors (Lipinski definition) is 4. The van der Waals surface area contributed by atoms with E-state index in [1.807, 2.05) is 6.92 Å². The monoisotopic (exact) mass is 255 g/mol. The highest BCUT2D eigenvalue weighted by atomic mass is 32.2. The van der Waals surface area contributed by atoms with E-state index in [1.165, 1.54) is 10.5 Å². The summed E-state index contributed by atoms with van der Waals surface area (Å²) in [6.07, 6.45) is 4.32. The quantitative estimate of drug-likeness (QED) is 0.862. The molecule has 0 spiro atoms. The summed E-state index contributed by atoms with van der Waals surface area (Å²) in [5, 5.41) is -0.0197. The molecule has 0 aromatic carbocycles. The SMILES string of the molecule is CC1CCCCN1S(=O)(=O)c1ncccc1N. The number of rotatable bonds is 2. The van der Waals surface area contributed by atoms with Crippen molar-refractivity contribution in [2.45, 2.75) is 37.3 Å². The molecule has 1 aromatic rings. The summed E-state index contributed by atoms with van der Waals surface area (Å²) in [6, 6.07) is 3.22. The van der Waals surface area contributed by atoms with Crippen molar-refractivity contribution in [3.05, 3.63) is 18.3 Å². The highest BCUT2D eigenvalue weighted by Crippen LogP contribution is 2.26. The van der Waals surface area contributed by atoms with Crippen molar-refractivity contribution in [3.63, 3.8) is 0 Å². The van der Waals surface area contributed by atoms with Crippen molar-refractivity contribution in [1.82, 2.24) is 9.29 Å². The standard InChI is InChI=1S/C11H17N3O2S/c1-9-5-2-3-8-14(9)17(15,16)11-10(12)6-4-7-13-11/h4,6-7,9H,2-3,5,8,12H2,1H3. The highest BCUT2D eigenvalue weighted by Gasteiger charge is 2.33. The molecule has 1 unspecified atom stereocenters. The Morgan fingerprint density at radius 3 is 2.88 bits per heavy atom. The van der Waals surface area contributed by atoms with Crippen LogP contribution in [0.3, 0.4) is 0 Å². The minimum Gasteiger partial charge on any atom is -0.396 e. The van der Waals surface area contributed by atoms with E-state index in [0.717, 1.165) is 19.3 Å². The van der Waals surface area contributed by atoms with Crippen molar-refractivity contribution >= 4 is 15.7 Å². The molecule has 1 aromatic heterocycles. The smallest absolute Gasteiger partial charge is 0.262 e. The Bertz CT molecular complexity index is 501. The maximum absolute atomic E-state index is 12.4. The van der Waals surface area contributed by atoms with Crippen LogP contribution in [0.25, 0.3) is 0 Å². The maximum Gasteiger partial charge on any atom is 0.262 e. The molecule has 2 heterocycles. The summed E-state index contributed by atoms with van der Waals surface area (Å²) < 4.78 is 26.3. The Balaban J connectivity index is 2.39. The van der Waals surface area contributed by atoms with Gasteiger partial charge in [0.05, 0.1) is 5.69 Å². The Morgan fingerprint density at radius 1 is 1.47 bits per heavy atom. The summed E-state index contributed by atoms with van der Waals surface area (Å²) in [5.74, 6) is 0. The molecule has 0 aliphatic carbocycles. The zero-order valence-electron chi connectivity index (χ0n) is 9.83. The zero-order chi connectivity index (χ0) is 12.5. The van der Waals surface area contributed by atoms with Gasteiger partial charge in [-0.1, -0.05) is 6.42 Å². The van der Waals surface area contributed by atoms with Crippen LogP contribution < -0.4 is 5.73 Å². The van der Waals surface area contributed by atoms with Gasteiger partial charge in [0.25, 0.3) is 10.0 Å². The molecular weight excluding hydrogens is 238 g/mol. The van der Waals surface area contributed by atoms with Crippen LogP contribution in [-0.2, 0) is 10.0 Å². The molecule has 0 saturated carbocycles. The molecular formula is C11H17N3O2S. The van der Waals surface area contributed by atoms with Gasteiger partial charge in [0.1, 0.15) is 0 Å². The fraction of sp³-hybridized carbons (Fsp3) is 0.545. The van der Waals surface area contributed by atoms with Gasteiger partial charge in [0.15, 0.2) is 5.03 Å². The molecule has 1 saturated heterocycles. The molecule has 2 rings (SSSR count). The second-order valence-electron chi connectivity index (χ2n) is 4.36. The molecule has 0 amide bonds. The van der Waals surface area contributed by atoms with E-state index in [-0.39, 0.29) is 16.8 Å². The average molecular weight is 255 g/mol.